The van der Waals surface area contributed by atoms with E-state index in [4.69, 9.17) is 20.9 Å². The van der Waals surface area contributed by atoms with E-state index in [0.717, 1.165) is 40.7 Å². The van der Waals surface area contributed by atoms with Gasteiger partial charge in [0.1, 0.15) is 55.3 Å². The van der Waals surface area contributed by atoms with Crippen LogP contribution in [0, 0.1) is 0 Å². The molecule has 28 nitrogen and oxygen atoms in total. The van der Waals surface area contributed by atoms with E-state index in [1.54, 1.807) is 12.5 Å². The SMILES string of the molecule is CSc1nc(N)c2ncn([C@H]3O[C@@H](COP(=O)([O-])CP(=O)([O-])OP(=O)([O-])OP(=O)([O-])OC[C@@H]4O[C@H](n5cnc6c(N)nc(SC)nc65)[C@@H](O)[C@H]4O)[C@H](O)[C@@H]3O)c2n1.[Na+].[Na+].[Na+].[Na+]. The summed E-state index contributed by atoms with van der Waals surface area (Å²) in [5.74, 6) is -2.19. The van der Waals surface area contributed by atoms with Crippen molar-refractivity contribution in [1.82, 2.24) is 39.0 Å². The fraction of sp³-hybridized carbons (Fsp3) is 0.565. The number of rotatable bonds is 16. The van der Waals surface area contributed by atoms with Gasteiger partial charge < -0.3 is 79.1 Å². The van der Waals surface area contributed by atoms with Crippen LogP contribution < -0.4 is 149 Å². The maximum absolute atomic E-state index is 12.5. The maximum atomic E-state index is 12.5. The molecule has 6 heterocycles. The van der Waals surface area contributed by atoms with Crippen molar-refractivity contribution in [3.05, 3.63) is 12.7 Å². The van der Waals surface area contributed by atoms with E-state index in [1.165, 1.54) is 4.57 Å². The number of aliphatic hydroxyl groups is 4. The third-order valence-electron chi connectivity index (χ3n) is 8.05. The predicted molar refractivity (Wildman–Crippen MR) is 184 cm³/mol. The molecule has 4 unspecified atom stereocenters. The number of hydrogen-bond acceptors (Lipinski definition) is 28. The van der Waals surface area contributed by atoms with Crippen LogP contribution in [-0.2, 0) is 45.4 Å². The molecule has 2 aliphatic heterocycles. The van der Waals surface area contributed by atoms with Gasteiger partial charge in [-0.3, -0.25) is 22.6 Å². The van der Waals surface area contributed by atoms with Crippen molar-refractivity contribution < 1.29 is 204 Å². The van der Waals surface area contributed by atoms with Crippen LogP contribution in [0.2, 0.25) is 0 Å². The molecule has 2 saturated heterocycles. The molecular weight excluding hydrogens is 984 g/mol. The van der Waals surface area contributed by atoms with Crippen LogP contribution >= 0.6 is 54.4 Å². The van der Waals surface area contributed by atoms with E-state index in [0.29, 0.717) is 0 Å². The van der Waals surface area contributed by atoms with E-state index in [1.807, 2.05) is 0 Å². The fourth-order valence-corrected chi connectivity index (χ4v) is 12.4. The van der Waals surface area contributed by atoms with E-state index in [2.05, 4.69) is 47.6 Å². The Bertz CT molecular complexity index is 2210. The molecule has 12 atom stereocenters. The number of phosphoric acid groups is 2. The number of ether oxygens (including phenoxy) is 2. The third-order valence-corrected chi connectivity index (χ3v) is 16.3. The monoisotopic (exact) mass is 1010 g/mol. The molecular formula is C23H30N10Na4O18P4S2. The van der Waals surface area contributed by atoms with Gasteiger partial charge in [-0.2, -0.15) is 0 Å². The quantitative estimate of drug-likeness (QED) is 0.0263. The zero-order valence-corrected chi connectivity index (χ0v) is 45.9. The molecule has 0 spiro atoms. The molecule has 0 bridgehead atoms. The number of fused-ring (bicyclic) bond motifs is 2. The molecule has 0 aromatic carbocycles. The third kappa shape index (κ3) is 13.9. The van der Waals surface area contributed by atoms with E-state index in [-0.39, 0.29) is 163 Å². The molecule has 4 aromatic rings. The van der Waals surface area contributed by atoms with Crippen LogP contribution in [0.3, 0.4) is 0 Å². The first-order chi connectivity index (χ1) is 26.5. The smallest absolute Gasteiger partial charge is 0.778 e. The Morgan fingerprint density at radius 2 is 1.07 bits per heavy atom. The Balaban J connectivity index is 0.00000320. The van der Waals surface area contributed by atoms with Crippen molar-refractivity contribution in [3.8, 4) is 0 Å². The second-order valence-corrected chi connectivity index (χ2v) is 20.7. The van der Waals surface area contributed by atoms with Crippen molar-refractivity contribution in [1.29, 1.82) is 0 Å². The molecule has 2 fully saturated rings. The Morgan fingerprint density at radius 3 is 1.48 bits per heavy atom. The predicted octanol–water partition coefficient (Wildman–Crippen LogP) is -15.4. The van der Waals surface area contributed by atoms with Crippen LogP contribution in [0.1, 0.15) is 12.5 Å². The molecule has 0 aliphatic carbocycles. The number of nitrogen functional groups attached to an aromatic ring is 2. The number of aromatic nitrogens is 8. The minimum atomic E-state index is -6.49. The normalized spacial score (nSPS) is 27.7. The summed E-state index contributed by atoms with van der Waals surface area (Å²) in [5, 5.41) is 42.7. The van der Waals surface area contributed by atoms with Gasteiger partial charge in [0.15, 0.2) is 53.3 Å². The molecule has 61 heavy (non-hydrogen) atoms. The van der Waals surface area contributed by atoms with Gasteiger partial charge in [0.05, 0.1) is 31.8 Å². The minimum absolute atomic E-state index is 0. The summed E-state index contributed by atoms with van der Waals surface area (Å²) in [6.45, 7) is -2.30. The summed E-state index contributed by atoms with van der Waals surface area (Å²) in [5.41, 5.74) is 12.2. The fourth-order valence-electron chi connectivity index (χ4n) is 5.53. The minimum Gasteiger partial charge on any atom is -0.778 e. The summed E-state index contributed by atoms with van der Waals surface area (Å²) < 4.78 is 79.6. The maximum Gasteiger partial charge on any atom is 1.00 e. The number of hydrogen-bond donors (Lipinski definition) is 6. The molecule has 8 N–H and O–H groups in total. The van der Waals surface area contributed by atoms with Gasteiger partial charge >= 0.3 is 118 Å². The van der Waals surface area contributed by atoms with Crippen molar-refractivity contribution in [3.63, 3.8) is 0 Å². The molecule has 0 amide bonds. The van der Waals surface area contributed by atoms with E-state index >= 15 is 0 Å². The largest absolute Gasteiger partial charge is 1.00 e. The van der Waals surface area contributed by atoms with Gasteiger partial charge in [-0.25, -0.2) is 34.2 Å². The second-order valence-electron chi connectivity index (χ2n) is 11.9. The number of nitrogens with zero attached hydrogens (tertiary/aromatic N) is 8. The van der Waals surface area contributed by atoms with E-state index < -0.39 is 99.0 Å². The second kappa shape index (κ2) is 23.4. The summed E-state index contributed by atoms with van der Waals surface area (Å²) >= 11 is 2.26. The van der Waals surface area contributed by atoms with Gasteiger partial charge in [0, 0.05) is 0 Å². The summed E-state index contributed by atoms with van der Waals surface area (Å²) in [6, 6.07) is 0. The Hall–Kier alpha value is 1.76. The summed E-state index contributed by atoms with van der Waals surface area (Å²) in [6.07, 6.45) is -7.69. The number of imidazole rings is 2. The Labute approximate surface area is 440 Å². The summed E-state index contributed by atoms with van der Waals surface area (Å²) in [4.78, 5) is 74.2. The number of phosphoric ester groups is 1. The molecule has 0 saturated carbocycles. The van der Waals surface area contributed by atoms with Gasteiger partial charge in [-0.15, -0.1) is 0 Å². The van der Waals surface area contributed by atoms with Crippen molar-refractivity contribution >= 4 is 88.3 Å². The Kier molecular flexibility index (Phi) is 22.6. The van der Waals surface area contributed by atoms with Gasteiger partial charge in [-0.05, 0) is 12.5 Å². The topological polar surface area (TPSA) is 436 Å². The number of nitrogens with two attached hydrogens (primary N) is 2. The van der Waals surface area contributed by atoms with Crippen LogP contribution in [0.4, 0.5) is 11.6 Å². The number of thioether (sulfide) groups is 2. The molecule has 4 aromatic heterocycles. The molecule has 316 valence electrons. The molecule has 0 radical (unpaired) electrons. The van der Waals surface area contributed by atoms with Crippen LogP contribution in [0.15, 0.2) is 23.0 Å². The molecule has 38 heteroatoms. The first kappa shape index (κ1) is 58.9. The average Bonchev–Trinajstić information content (AvgIpc) is 3.86. The number of anilines is 2. The first-order valence-electron chi connectivity index (χ1n) is 15.6. The van der Waals surface area contributed by atoms with Crippen LogP contribution in [0.25, 0.3) is 22.3 Å². The van der Waals surface area contributed by atoms with Gasteiger partial charge in [-0.1, -0.05) is 23.5 Å². The van der Waals surface area contributed by atoms with Crippen molar-refractivity contribution in [2.75, 3.05) is 43.1 Å². The first-order valence-corrected chi connectivity index (χ1v) is 24.4. The standard InChI is InChI=1S/C23H34N10O18P4S2.4Na/c1-56-22-28-16(24)10-18(30-22)32(5-26-10)20-14(36)12(34)8(48-20)3-46-52(38,39)7-53(40,41)50-55(44,45)51-54(42,43)47-4-9-13(35)15(37)21(49-9)33-6-27-11-17(25)29-23(57-2)31-19(11)33;;;;/h5-6,8-9,12-15,20-21,34-37H,3-4,7H2,1-2H3,(H,38,39)(H,40,41)(H,42,43)(H,44,45)(H2,24,28,30)(H2,25,29,31);;;;/q;4*+1/p-4/t8-,9-,12-,13-,14-,15-,20-,21-;;;;/m0..../s1. The average molecular weight is 1010 g/mol. The van der Waals surface area contributed by atoms with Crippen LogP contribution in [-0.4, -0.2) is 128 Å². The zero-order valence-electron chi connectivity index (χ0n) is 32.7. The van der Waals surface area contributed by atoms with Gasteiger partial charge in [0.2, 0.25) is 0 Å². The van der Waals surface area contributed by atoms with Gasteiger partial charge in [0.25, 0.3) is 15.6 Å². The number of aliphatic hydroxyl groups excluding tert-OH is 4. The zero-order chi connectivity index (χ0) is 41.8. The van der Waals surface area contributed by atoms with Crippen LogP contribution in [0.5, 0.6) is 0 Å². The Morgan fingerprint density at radius 1 is 0.656 bits per heavy atom. The summed E-state index contributed by atoms with van der Waals surface area (Å²) in [7, 11) is -24.3. The van der Waals surface area contributed by atoms with Crippen molar-refractivity contribution in [2.24, 2.45) is 0 Å². The van der Waals surface area contributed by atoms with Crippen molar-refractivity contribution in [2.45, 2.75) is 59.4 Å². The molecule has 2 aliphatic rings. The molecule has 6 rings (SSSR count). The van der Waals surface area contributed by atoms with E-state index in [9.17, 15) is 58.3 Å².